The average Bonchev–Trinajstić information content (AvgIpc) is 3.36. The van der Waals surface area contributed by atoms with E-state index in [0.29, 0.717) is 35.6 Å². The van der Waals surface area contributed by atoms with E-state index in [-0.39, 0.29) is 17.6 Å². The van der Waals surface area contributed by atoms with E-state index in [1.807, 2.05) is 27.9 Å². The number of ether oxygens (including phenoxy) is 1. The highest BCUT2D eigenvalue weighted by Gasteiger charge is 2.60. The molecule has 3 saturated carbocycles. The molecule has 2 heterocycles. The molecule has 0 aromatic carbocycles. The minimum Gasteiger partial charge on any atom is -0.369 e. The molecule has 6 aliphatic rings. The standard InChI is InChI=1S/C31H48N2O3.C2H6/c1-19-17-31(20(2)29-27(36-31)7-6-14-33(29)18-28(35)32(4)5)13-11-23-24-9-8-21-15-22(34)10-12-30(21,3)26(24)16-25(19)23;1-2/h20-21,23-24,26-27,29H,6-18H2,1-5H3;1-2H3. The van der Waals surface area contributed by atoms with E-state index in [1.54, 1.807) is 16.0 Å². The first-order valence-corrected chi connectivity index (χ1v) is 16.0. The van der Waals surface area contributed by atoms with Gasteiger partial charge in [-0.2, -0.15) is 0 Å². The normalized spacial score (nSPS) is 44.4. The fraction of sp³-hybridized carbons (Fsp3) is 0.879. The van der Waals surface area contributed by atoms with E-state index >= 15 is 0 Å². The smallest absolute Gasteiger partial charge is 0.236 e. The molecular weight excluding hydrogens is 472 g/mol. The fourth-order valence-corrected chi connectivity index (χ4v) is 10.2. The maximum Gasteiger partial charge on any atom is 0.236 e. The number of hydrogen-bond donors (Lipinski definition) is 0. The molecule has 1 spiro atoms. The maximum absolute atomic E-state index is 12.6. The van der Waals surface area contributed by atoms with Crippen LogP contribution in [0.5, 0.6) is 0 Å². The Morgan fingerprint density at radius 3 is 2.61 bits per heavy atom. The van der Waals surface area contributed by atoms with Gasteiger partial charge in [0.05, 0.1) is 18.2 Å². The van der Waals surface area contributed by atoms with Crippen LogP contribution >= 0.6 is 0 Å². The lowest BCUT2D eigenvalue weighted by Crippen LogP contribution is -2.52. The molecule has 0 N–H and O–H groups in total. The number of carbonyl (C=O) groups is 2. The number of likely N-dealkylation sites (tertiary alicyclic amines) is 1. The molecule has 1 amide bonds. The van der Waals surface area contributed by atoms with Gasteiger partial charge in [-0.1, -0.05) is 38.8 Å². The average molecular weight is 527 g/mol. The Balaban J connectivity index is 0.00000144. The van der Waals surface area contributed by atoms with E-state index in [4.69, 9.17) is 4.74 Å². The Morgan fingerprint density at radius 1 is 1.11 bits per heavy atom. The largest absolute Gasteiger partial charge is 0.369 e. The molecule has 9 atom stereocenters. The molecule has 9 unspecified atom stereocenters. The van der Waals surface area contributed by atoms with Gasteiger partial charge in [0.15, 0.2) is 0 Å². The SMILES string of the molecule is CC.CC1=C2CC3C(CCC4CC(=O)CCC43C)C2CCC2(C1)OC1CCCN(CC(=O)N(C)C)C1C2C. The summed E-state index contributed by atoms with van der Waals surface area (Å²) in [4.78, 5) is 29.0. The Kier molecular flexibility index (Phi) is 7.94. The number of piperidine rings is 1. The second-order valence-electron chi connectivity index (χ2n) is 14.0. The van der Waals surface area contributed by atoms with Crippen molar-refractivity contribution in [2.75, 3.05) is 27.2 Å². The second-order valence-corrected chi connectivity index (χ2v) is 14.0. The molecule has 5 nitrogen and oxygen atoms in total. The van der Waals surface area contributed by atoms with Gasteiger partial charge in [-0.3, -0.25) is 14.5 Å². The van der Waals surface area contributed by atoms with Gasteiger partial charge < -0.3 is 9.64 Å². The summed E-state index contributed by atoms with van der Waals surface area (Å²) < 4.78 is 7.11. The molecule has 2 aliphatic heterocycles. The maximum atomic E-state index is 12.6. The lowest BCUT2D eigenvalue weighted by Gasteiger charge is -2.52. The van der Waals surface area contributed by atoms with Gasteiger partial charge in [0.25, 0.3) is 0 Å². The van der Waals surface area contributed by atoms with Crippen LogP contribution in [0.4, 0.5) is 0 Å². The molecule has 2 saturated heterocycles. The number of rotatable bonds is 2. The molecule has 0 aromatic heterocycles. The van der Waals surface area contributed by atoms with Gasteiger partial charge in [-0.15, -0.1) is 0 Å². The summed E-state index contributed by atoms with van der Waals surface area (Å²) in [6.45, 7) is 12.9. The van der Waals surface area contributed by atoms with Gasteiger partial charge in [-0.25, -0.2) is 0 Å². The number of allylic oxidation sites excluding steroid dienone is 1. The van der Waals surface area contributed by atoms with Crippen molar-refractivity contribution in [3.05, 3.63) is 11.1 Å². The number of nitrogens with zero attached hydrogens (tertiary/aromatic N) is 2. The predicted octanol–water partition coefficient (Wildman–Crippen LogP) is 6.26. The van der Waals surface area contributed by atoms with Crippen molar-refractivity contribution in [2.24, 2.45) is 35.0 Å². The van der Waals surface area contributed by atoms with Crippen molar-refractivity contribution < 1.29 is 14.3 Å². The van der Waals surface area contributed by atoms with Gasteiger partial charge in [-0.05, 0) is 100 Å². The predicted molar refractivity (Wildman–Crippen MR) is 153 cm³/mol. The summed E-state index contributed by atoms with van der Waals surface area (Å²) in [5.74, 6) is 4.06. The van der Waals surface area contributed by atoms with Gasteiger partial charge in [0.1, 0.15) is 5.78 Å². The minimum absolute atomic E-state index is 0.0750. The zero-order chi connectivity index (χ0) is 27.4. The highest BCUT2D eigenvalue weighted by molar-refractivity contribution is 5.79. The summed E-state index contributed by atoms with van der Waals surface area (Å²) in [7, 11) is 3.73. The second kappa shape index (κ2) is 10.7. The third-order valence-electron chi connectivity index (χ3n) is 12.3. The molecule has 0 radical (unpaired) electrons. The van der Waals surface area contributed by atoms with Gasteiger partial charge in [0.2, 0.25) is 5.91 Å². The molecule has 0 bridgehead atoms. The molecular formula is C33H54N2O3. The number of amides is 1. The lowest BCUT2D eigenvalue weighted by atomic mass is 9.52. The van der Waals surface area contributed by atoms with Crippen LogP contribution in [0.25, 0.3) is 0 Å². The molecule has 38 heavy (non-hydrogen) atoms. The first-order valence-electron chi connectivity index (χ1n) is 16.0. The van der Waals surface area contributed by atoms with E-state index in [0.717, 1.165) is 69.2 Å². The van der Waals surface area contributed by atoms with E-state index in [2.05, 4.69) is 25.7 Å². The number of hydrogen-bond acceptors (Lipinski definition) is 4. The molecule has 5 fully saturated rings. The van der Waals surface area contributed by atoms with Crippen LogP contribution < -0.4 is 0 Å². The number of Topliss-reactive ketones (excluding diaryl/α,β-unsaturated/α-hetero) is 1. The summed E-state index contributed by atoms with van der Waals surface area (Å²) in [5.41, 5.74) is 3.67. The van der Waals surface area contributed by atoms with Crippen LogP contribution in [0.2, 0.25) is 0 Å². The molecule has 6 rings (SSSR count). The third-order valence-corrected chi connectivity index (χ3v) is 12.3. The summed E-state index contributed by atoms with van der Waals surface area (Å²) >= 11 is 0. The number of ketones is 1. The first kappa shape index (κ1) is 28.3. The van der Waals surface area contributed by atoms with Crippen molar-refractivity contribution in [1.82, 2.24) is 9.80 Å². The Hall–Kier alpha value is -1.20. The van der Waals surface area contributed by atoms with Crippen LogP contribution in [0, 0.1) is 35.0 Å². The zero-order valence-electron chi connectivity index (χ0n) is 25.4. The monoisotopic (exact) mass is 526 g/mol. The van der Waals surface area contributed by atoms with Crippen LogP contribution in [-0.2, 0) is 14.3 Å². The van der Waals surface area contributed by atoms with Gasteiger partial charge in [0, 0.05) is 38.9 Å². The molecule has 0 aromatic rings. The van der Waals surface area contributed by atoms with Crippen molar-refractivity contribution in [3.8, 4) is 0 Å². The zero-order valence-corrected chi connectivity index (χ0v) is 25.4. The Morgan fingerprint density at radius 2 is 1.87 bits per heavy atom. The van der Waals surface area contributed by atoms with Crippen LogP contribution in [0.15, 0.2) is 11.1 Å². The van der Waals surface area contributed by atoms with E-state index in [9.17, 15) is 9.59 Å². The topological polar surface area (TPSA) is 49.9 Å². The number of likely N-dealkylation sites (N-methyl/N-ethyl adjacent to an activating group) is 1. The van der Waals surface area contributed by atoms with Crippen molar-refractivity contribution in [1.29, 1.82) is 0 Å². The molecule has 214 valence electrons. The van der Waals surface area contributed by atoms with E-state index < -0.39 is 0 Å². The highest BCUT2D eigenvalue weighted by atomic mass is 16.5. The van der Waals surface area contributed by atoms with Crippen LogP contribution in [0.1, 0.15) is 105 Å². The van der Waals surface area contributed by atoms with Crippen LogP contribution in [-0.4, -0.2) is 66.4 Å². The summed E-state index contributed by atoms with van der Waals surface area (Å²) in [6.07, 6.45) is 12.6. The Bertz CT molecular complexity index is 958. The highest BCUT2D eigenvalue weighted by Crippen LogP contribution is 2.65. The summed E-state index contributed by atoms with van der Waals surface area (Å²) in [6, 6.07) is 0.361. The molecule has 4 aliphatic carbocycles. The third kappa shape index (κ3) is 4.52. The van der Waals surface area contributed by atoms with E-state index in [1.165, 1.54) is 25.7 Å². The number of carbonyl (C=O) groups excluding carboxylic acids is 2. The quantitative estimate of drug-likeness (QED) is 0.399. The van der Waals surface area contributed by atoms with Crippen molar-refractivity contribution in [2.45, 2.75) is 123 Å². The first-order chi connectivity index (χ1) is 18.1. The molecule has 5 heteroatoms. The minimum atomic E-state index is -0.0750. The Labute approximate surface area is 232 Å². The summed E-state index contributed by atoms with van der Waals surface area (Å²) in [5, 5.41) is 0. The fourth-order valence-electron chi connectivity index (χ4n) is 10.2. The van der Waals surface area contributed by atoms with Crippen LogP contribution in [0.3, 0.4) is 0 Å². The van der Waals surface area contributed by atoms with Gasteiger partial charge >= 0.3 is 0 Å². The van der Waals surface area contributed by atoms with Crippen molar-refractivity contribution >= 4 is 11.7 Å². The lowest BCUT2D eigenvalue weighted by molar-refractivity contribution is -0.132. The van der Waals surface area contributed by atoms with Crippen molar-refractivity contribution in [3.63, 3.8) is 0 Å². The number of fused-ring (bicyclic) bond motifs is 6.